The Bertz CT molecular complexity index is 163. The van der Waals surface area contributed by atoms with Gasteiger partial charge in [-0.1, -0.05) is 0 Å². The van der Waals surface area contributed by atoms with Crippen molar-refractivity contribution in [2.75, 3.05) is 0 Å². The Morgan fingerprint density at radius 1 is 0.929 bits per heavy atom. The van der Waals surface area contributed by atoms with Crippen molar-refractivity contribution in [2.45, 2.75) is 0 Å². The second kappa shape index (κ2) is 29.2. The Kier molecular flexibility index (Phi) is 51.0. The summed E-state index contributed by atoms with van der Waals surface area (Å²) in [6.07, 6.45) is 0. The van der Waals surface area contributed by atoms with Gasteiger partial charge in [-0.3, -0.25) is 0 Å². The molecule has 0 fully saturated rings. The van der Waals surface area contributed by atoms with Gasteiger partial charge in [-0.05, 0) is 0 Å². The Balaban J connectivity index is -0.0000000511. The molecule has 79 valence electrons. The molecule has 1 radical (unpaired) electrons. The number of halogens is 3. The molecular weight excluding hydrogens is 442 g/mol. The fourth-order valence-electron chi connectivity index (χ4n) is 0.321. The summed E-state index contributed by atoms with van der Waals surface area (Å²) in [5, 5.41) is 0. The maximum absolute atomic E-state index is 7.50. The predicted octanol–water partition coefficient (Wildman–Crippen LogP) is 4.46. The van der Waals surface area contributed by atoms with Crippen molar-refractivity contribution in [3.63, 3.8) is 0 Å². The van der Waals surface area contributed by atoms with Crippen molar-refractivity contribution in [3.8, 4) is 0 Å². The van der Waals surface area contributed by atoms with Crippen LogP contribution < -0.4 is 0 Å². The van der Waals surface area contributed by atoms with Crippen LogP contribution >= 0.6 is 50.5 Å². The minimum atomic E-state index is -0.442. The van der Waals surface area contributed by atoms with Crippen LogP contribution in [0, 0.1) is 13.3 Å². The molecule has 14 heavy (non-hydrogen) atoms. The molecule has 0 N–H and O–H groups in total. The number of rotatable bonds is 0. The van der Waals surface area contributed by atoms with Gasteiger partial charge < -0.3 is 0 Å². The Hall–Kier alpha value is 1.22. The molecule has 2 nitrogen and oxygen atoms in total. The fourth-order valence-corrected chi connectivity index (χ4v) is 0.321. The van der Waals surface area contributed by atoms with E-state index in [0.29, 0.717) is 0 Å². The largest absolute Gasteiger partial charge is 0.214 e. The molecule has 1 aromatic carbocycles. The molecule has 0 unspecified atom stereocenters. The summed E-state index contributed by atoms with van der Waals surface area (Å²) in [6.45, 7) is 9.00. The van der Waals surface area contributed by atoms with Crippen molar-refractivity contribution in [1.29, 1.82) is 0 Å². The zero-order valence-corrected chi connectivity index (χ0v) is 13.7. The molecule has 0 heterocycles. The smallest absolute Gasteiger partial charge is 0 e. The summed E-state index contributed by atoms with van der Waals surface area (Å²) in [6, 6.07) is 10.0. The van der Waals surface area contributed by atoms with E-state index in [2.05, 4.69) is 59.8 Å². The first-order valence-electron chi connectivity index (χ1n) is 2.64. The Labute approximate surface area is 119 Å². The Morgan fingerprint density at radius 3 is 1.21 bits per heavy atom. The van der Waals surface area contributed by atoms with E-state index in [4.69, 9.17) is 9.30 Å². The second-order valence-corrected chi connectivity index (χ2v) is 18.3. The quantitative estimate of drug-likeness (QED) is 0.244. The van der Waals surface area contributed by atoms with Crippen molar-refractivity contribution in [2.24, 2.45) is 0 Å². The normalized spacial score (nSPS) is 5.71. The van der Waals surface area contributed by atoms with Crippen LogP contribution in [-0.4, -0.2) is 0 Å². The maximum Gasteiger partial charge on any atom is 0 e. The van der Waals surface area contributed by atoms with Crippen LogP contribution in [-0.2, 0) is 26.4 Å². The summed E-state index contributed by atoms with van der Waals surface area (Å²) in [5.74, 6) is 0. The van der Waals surface area contributed by atoms with Gasteiger partial charge in [0.15, 0.2) is 46.5 Å². The average molecular weight is 448 g/mol. The van der Waals surface area contributed by atoms with E-state index in [9.17, 15) is 0 Å². The fraction of sp³-hybridized carbons (Fsp3) is 0. The van der Waals surface area contributed by atoms with Gasteiger partial charge >= 0.3 is 22.6 Å². The van der Waals surface area contributed by atoms with Crippen molar-refractivity contribution < 1.29 is 26.4 Å². The standard InChI is InChI=1S/C5H5.2CO.Br3P.Mn/c1-2-4-5-3-1;2*1-2;1-4(2)3;/h1-5H;;;;/q-1;;;;/p+1. The minimum absolute atomic E-state index is 0. The minimum Gasteiger partial charge on any atom is -0.214 e. The summed E-state index contributed by atoms with van der Waals surface area (Å²) in [5.41, 5.74) is 0. The van der Waals surface area contributed by atoms with Gasteiger partial charge in [0.25, 0.3) is 0 Å². The van der Waals surface area contributed by atoms with Gasteiger partial charge in [0, 0.05) is 17.1 Å². The van der Waals surface area contributed by atoms with Crippen LogP contribution in [0.15, 0.2) is 30.3 Å². The molecule has 0 saturated carbocycles. The topological polar surface area (TPSA) is 39.8 Å². The molecule has 0 amide bonds. The molecular formula is C7H6Br3MnO2P. The first kappa shape index (κ1) is 24.4. The summed E-state index contributed by atoms with van der Waals surface area (Å²) < 4.78 is 14.6. The maximum atomic E-state index is 7.50. The summed E-state index contributed by atoms with van der Waals surface area (Å²) in [4.78, 5) is 0. The molecule has 1 rings (SSSR count). The molecule has 0 saturated heterocycles. The van der Waals surface area contributed by atoms with Gasteiger partial charge in [-0.15, -0.1) is 0 Å². The summed E-state index contributed by atoms with van der Waals surface area (Å²) in [7, 11) is 0. The van der Waals surface area contributed by atoms with E-state index >= 15 is 0 Å². The van der Waals surface area contributed by atoms with Crippen LogP contribution in [0.5, 0.6) is 0 Å². The van der Waals surface area contributed by atoms with Crippen LogP contribution in [0.4, 0.5) is 0 Å². The number of hydrogen-bond donors (Lipinski definition) is 0. The van der Waals surface area contributed by atoms with Crippen LogP contribution in [0.1, 0.15) is 0 Å². The van der Waals surface area contributed by atoms with E-state index in [1.807, 2.05) is 30.3 Å². The number of hydrogen-bond acceptors (Lipinski definition) is 0. The third-order valence-electron chi connectivity index (χ3n) is 0.556. The molecule has 0 aliphatic heterocycles. The monoisotopic (exact) mass is 445 g/mol. The van der Waals surface area contributed by atoms with Gasteiger partial charge in [-0.2, -0.15) is 18.2 Å². The third kappa shape index (κ3) is 51.0. The zero-order chi connectivity index (χ0) is 11.1. The average Bonchev–Trinajstić information content (AvgIpc) is 2.67. The van der Waals surface area contributed by atoms with Crippen molar-refractivity contribution >= 4 is 50.5 Å². The van der Waals surface area contributed by atoms with E-state index in [1.165, 1.54) is 0 Å². The Morgan fingerprint density at radius 2 is 1.14 bits per heavy atom. The van der Waals surface area contributed by atoms with Gasteiger partial charge in [-0.25, -0.2) is 12.1 Å². The molecule has 0 aliphatic rings. The van der Waals surface area contributed by atoms with E-state index in [1.54, 1.807) is 0 Å². The van der Waals surface area contributed by atoms with Crippen LogP contribution in [0.2, 0.25) is 0 Å². The first-order valence-corrected chi connectivity index (χ1v) is 10.9. The molecule has 0 atom stereocenters. The van der Waals surface area contributed by atoms with Gasteiger partial charge in [0.05, 0.1) is 0 Å². The SMILES string of the molecule is Br[PH+](Br)Br.[C-]#[O+].[C-]#[O+].[Mn].c1cc[cH-]c1. The molecule has 7 heteroatoms. The van der Waals surface area contributed by atoms with Gasteiger partial charge in [0.2, 0.25) is 4.03 Å². The van der Waals surface area contributed by atoms with Crippen LogP contribution in [0.3, 0.4) is 0 Å². The van der Waals surface area contributed by atoms with Crippen molar-refractivity contribution in [3.05, 3.63) is 43.6 Å². The molecule has 0 aromatic heterocycles. The van der Waals surface area contributed by atoms with E-state index < -0.39 is 4.03 Å². The molecule has 1 aromatic rings. The zero-order valence-electron chi connectivity index (χ0n) is 6.72. The molecule has 0 aliphatic carbocycles. The van der Waals surface area contributed by atoms with E-state index in [-0.39, 0.29) is 17.1 Å². The van der Waals surface area contributed by atoms with Crippen LogP contribution in [0.25, 0.3) is 0 Å². The second-order valence-electron chi connectivity index (χ2n) is 1.18. The third-order valence-corrected chi connectivity index (χ3v) is 0.556. The summed E-state index contributed by atoms with van der Waals surface area (Å²) >= 11 is 9.62. The van der Waals surface area contributed by atoms with Gasteiger partial charge in [0.1, 0.15) is 0 Å². The molecule has 0 spiro atoms. The van der Waals surface area contributed by atoms with E-state index in [0.717, 1.165) is 0 Å². The first-order chi connectivity index (χ1) is 6.23. The predicted molar refractivity (Wildman–Crippen MR) is 65.0 cm³/mol. The molecule has 0 bridgehead atoms. The van der Waals surface area contributed by atoms with Crippen molar-refractivity contribution in [1.82, 2.24) is 0 Å².